The molecule has 4 atom stereocenters. The zero-order chi connectivity index (χ0) is 16.8. The van der Waals surface area contributed by atoms with Gasteiger partial charge < -0.3 is 15.3 Å². The highest BCUT2D eigenvalue weighted by atomic mass is 16.3. The fourth-order valence-electron chi connectivity index (χ4n) is 3.19. The third-order valence-corrected chi connectivity index (χ3v) is 5.17. The van der Waals surface area contributed by atoms with Gasteiger partial charge in [-0.15, -0.1) is 0 Å². The number of aliphatic hydroxyl groups is 1. The molecule has 0 bridgehead atoms. The van der Waals surface area contributed by atoms with Crippen molar-refractivity contribution in [1.29, 1.82) is 0 Å². The fraction of sp³-hybridized carbons (Fsp3) is 0.632. The molecule has 2 amide bonds. The largest absolute Gasteiger partial charge is 0.388 e. The Balaban J connectivity index is 1.93. The van der Waals surface area contributed by atoms with Gasteiger partial charge in [0.05, 0.1) is 6.10 Å². The number of likely N-dealkylation sites (tertiary alicyclic amines) is 1. The van der Waals surface area contributed by atoms with E-state index in [1.165, 1.54) is 0 Å². The van der Waals surface area contributed by atoms with Gasteiger partial charge in [-0.2, -0.15) is 0 Å². The number of nitrogens with zero attached hydrogens (tertiary/aromatic N) is 1. The Morgan fingerprint density at radius 2 is 2.04 bits per heavy atom. The van der Waals surface area contributed by atoms with E-state index in [2.05, 4.69) is 26.1 Å². The van der Waals surface area contributed by atoms with Crippen molar-refractivity contribution in [3.05, 3.63) is 35.9 Å². The van der Waals surface area contributed by atoms with Gasteiger partial charge in [0, 0.05) is 18.6 Å². The van der Waals surface area contributed by atoms with E-state index in [0.29, 0.717) is 12.3 Å². The van der Waals surface area contributed by atoms with Gasteiger partial charge in [-0.1, -0.05) is 50.6 Å². The van der Waals surface area contributed by atoms with Crippen molar-refractivity contribution in [1.82, 2.24) is 10.2 Å². The van der Waals surface area contributed by atoms with Gasteiger partial charge in [0.25, 0.3) is 0 Å². The van der Waals surface area contributed by atoms with Gasteiger partial charge in [0.1, 0.15) is 0 Å². The molecule has 1 aliphatic rings. The van der Waals surface area contributed by atoms with Crippen molar-refractivity contribution in [2.45, 2.75) is 64.6 Å². The van der Waals surface area contributed by atoms with E-state index in [1.807, 2.05) is 35.2 Å². The molecule has 0 radical (unpaired) electrons. The van der Waals surface area contributed by atoms with E-state index in [1.54, 1.807) is 0 Å². The van der Waals surface area contributed by atoms with Gasteiger partial charge in [0.2, 0.25) is 0 Å². The number of benzene rings is 1. The van der Waals surface area contributed by atoms with E-state index in [0.717, 1.165) is 31.4 Å². The predicted molar refractivity (Wildman–Crippen MR) is 93.2 cm³/mol. The maximum Gasteiger partial charge on any atom is 0.317 e. The van der Waals surface area contributed by atoms with Crippen LogP contribution in [0.5, 0.6) is 0 Å². The first kappa shape index (κ1) is 17.8. The van der Waals surface area contributed by atoms with E-state index in [4.69, 9.17) is 0 Å². The Labute approximate surface area is 139 Å². The summed E-state index contributed by atoms with van der Waals surface area (Å²) in [5.74, 6) is 0.468. The minimum absolute atomic E-state index is 0.0144. The molecule has 4 unspecified atom stereocenters. The highest BCUT2D eigenvalue weighted by molar-refractivity contribution is 5.75. The van der Waals surface area contributed by atoms with Gasteiger partial charge in [-0.05, 0) is 37.7 Å². The Morgan fingerprint density at radius 3 is 2.70 bits per heavy atom. The van der Waals surface area contributed by atoms with Crippen molar-refractivity contribution < 1.29 is 9.90 Å². The molecule has 0 aliphatic carbocycles. The van der Waals surface area contributed by atoms with E-state index in [-0.39, 0.29) is 18.1 Å². The summed E-state index contributed by atoms with van der Waals surface area (Å²) < 4.78 is 0. The highest BCUT2D eigenvalue weighted by Gasteiger charge is 2.31. The van der Waals surface area contributed by atoms with Crippen LogP contribution in [0, 0.1) is 5.92 Å². The molecule has 0 saturated carbocycles. The van der Waals surface area contributed by atoms with Crippen molar-refractivity contribution in [2.75, 3.05) is 6.54 Å². The molecule has 0 spiro atoms. The van der Waals surface area contributed by atoms with Gasteiger partial charge in [-0.25, -0.2) is 4.79 Å². The molecule has 1 aromatic carbocycles. The zero-order valence-corrected chi connectivity index (χ0v) is 14.5. The Morgan fingerprint density at radius 1 is 1.35 bits per heavy atom. The summed E-state index contributed by atoms with van der Waals surface area (Å²) in [5, 5.41) is 13.6. The normalized spacial score (nSPS) is 21.7. The molecule has 2 N–H and O–H groups in total. The number of carbonyl (C=O) groups is 1. The number of rotatable bonds is 6. The molecule has 0 aromatic heterocycles. The Kier molecular flexibility index (Phi) is 6.46. The maximum atomic E-state index is 12.5. The summed E-state index contributed by atoms with van der Waals surface area (Å²) >= 11 is 0. The van der Waals surface area contributed by atoms with Crippen LogP contribution < -0.4 is 5.32 Å². The molecule has 4 heteroatoms. The summed E-state index contributed by atoms with van der Waals surface area (Å²) in [6.45, 7) is 7.15. The van der Waals surface area contributed by atoms with Crippen LogP contribution in [0.1, 0.15) is 58.1 Å². The van der Waals surface area contributed by atoms with Crippen LogP contribution in [-0.4, -0.2) is 34.7 Å². The molecule has 1 heterocycles. The predicted octanol–water partition coefficient (Wildman–Crippen LogP) is 3.72. The molecule has 23 heavy (non-hydrogen) atoms. The lowest BCUT2D eigenvalue weighted by Gasteiger charge is -2.29. The van der Waals surface area contributed by atoms with Gasteiger partial charge in [0.15, 0.2) is 0 Å². The van der Waals surface area contributed by atoms with Crippen LogP contribution in [0.4, 0.5) is 4.79 Å². The summed E-state index contributed by atoms with van der Waals surface area (Å²) in [5.41, 5.74) is 0.924. The van der Waals surface area contributed by atoms with Crippen molar-refractivity contribution in [3.63, 3.8) is 0 Å². The van der Waals surface area contributed by atoms with Crippen LogP contribution in [0.3, 0.4) is 0 Å². The summed E-state index contributed by atoms with van der Waals surface area (Å²) in [6, 6.07) is 10.0. The molecule has 1 saturated heterocycles. The van der Waals surface area contributed by atoms with Crippen molar-refractivity contribution in [2.24, 2.45) is 5.92 Å². The van der Waals surface area contributed by atoms with Crippen LogP contribution in [0.25, 0.3) is 0 Å². The molecule has 2 rings (SSSR count). The fourth-order valence-corrected chi connectivity index (χ4v) is 3.19. The molecule has 4 nitrogen and oxygen atoms in total. The first-order chi connectivity index (χ1) is 11.0. The maximum absolute atomic E-state index is 12.5. The second kappa shape index (κ2) is 8.34. The molecule has 1 aliphatic heterocycles. The summed E-state index contributed by atoms with van der Waals surface area (Å²) in [6.07, 6.45) is 3.13. The lowest BCUT2D eigenvalue weighted by molar-refractivity contribution is 0.124. The van der Waals surface area contributed by atoms with Crippen LogP contribution >= 0.6 is 0 Å². The second-order valence-corrected chi connectivity index (χ2v) is 6.78. The molecular formula is C19H30N2O2. The van der Waals surface area contributed by atoms with Gasteiger partial charge >= 0.3 is 6.03 Å². The number of amides is 2. The minimum atomic E-state index is -0.512. The van der Waals surface area contributed by atoms with Crippen LogP contribution in [0.2, 0.25) is 0 Å². The SMILES string of the molecule is CCC(C)C(C)NC(=O)N1CCCC1CC(O)c1ccccc1. The third kappa shape index (κ3) is 4.71. The third-order valence-electron chi connectivity index (χ3n) is 5.17. The number of urea groups is 1. The topological polar surface area (TPSA) is 52.6 Å². The molecular weight excluding hydrogens is 288 g/mol. The Bertz CT molecular complexity index is 491. The number of carbonyl (C=O) groups excluding carboxylic acids is 1. The number of nitrogens with one attached hydrogen (secondary N) is 1. The second-order valence-electron chi connectivity index (χ2n) is 6.78. The van der Waals surface area contributed by atoms with E-state index in [9.17, 15) is 9.90 Å². The summed E-state index contributed by atoms with van der Waals surface area (Å²) in [7, 11) is 0. The van der Waals surface area contributed by atoms with E-state index < -0.39 is 6.10 Å². The first-order valence-electron chi connectivity index (χ1n) is 8.83. The quantitative estimate of drug-likeness (QED) is 0.840. The number of hydrogen-bond acceptors (Lipinski definition) is 2. The highest BCUT2D eigenvalue weighted by Crippen LogP contribution is 2.27. The average Bonchev–Trinajstić information content (AvgIpc) is 3.02. The summed E-state index contributed by atoms with van der Waals surface area (Å²) in [4.78, 5) is 14.4. The van der Waals surface area contributed by atoms with E-state index >= 15 is 0 Å². The van der Waals surface area contributed by atoms with Crippen LogP contribution in [-0.2, 0) is 0 Å². The lowest BCUT2D eigenvalue weighted by atomic mass is 10.00. The van der Waals surface area contributed by atoms with Crippen molar-refractivity contribution >= 4 is 6.03 Å². The van der Waals surface area contributed by atoms with Gasteiger partial charge in [-0.3, -0.25) is 0 Å². The molecule has 1 fully saturated rings. The number of aliphatic hydroxyl groups excluding tert-OH is 1. The molecule has 128 valence electrons. The van der Waals surface area contributed by atoms with Crippen LogP contribution in [0.15, 0.2) is 30.3 Å². The zero-order valence-electron chi connectivity index (χ0n) is 14.5. The standard InChI is InChI=1S/C19H30N2O2/c1-4-14(2)15(3)20-19(23)21-12-8-11-17(21)13-18(22)16-9-6-5-7-10-16/h5-7,9-10,14-15,17-18,22H,4,8,11-13H2,1-3H3,(H,20,23). The van der Waals surface area contributed by atoms with Crippen molar-refractivity contribution in [3.8, 4) is 0 Å². The molecule has 1 aromatic rings. The monoisotopic (exact) mass is 318 g/mol. The minimum Gasteiger partial charge on any atom is -0.388 e. The first-order valence-corrected chi connectivity index (χ1v) is 8.83. The smallest absolute Gasteiger partial charge is 0.317 e. The Hall–Kier alpha value is -1.55. The number of hydrogen-bond donors (Lipinski definition) is 2. The lowest BCUT2D eigenvalue weighted by Crippen LogP contribution is -2.48. The average molecular weight is 318 g/mol.